The molecule has 0 aliphatic carbocycles. The summed E-state index contributed by atoms with van der Waals surface area (Å²) in [7, 11) is 3.77. The van der Waals surface area contributed by atoms with Gasteiger partial charge in [0.25, 0.3) is 0 Å². The SMILES string of the molecule is CN(C)CCOC(=O)c1c(NN2CCOCC2)oc(C=C2C=Nc3ncccc32)c1O. The van der Waals surface area contributed by atoms with Crippen molar-refractivity contribution in [1.82, 2.24) is 14.9 Å². The second-order valence-corrected chi connectivity index (χ2v) is 7.40. The number of fused-ring (bicyclic) bond motifs is 1. The van der Waals surface area contributed by atoms with Gasteiger partial charge in [0.1, 0.15) is 6.61 Å². The highest BCUT2D eigenvalue weighted by Gasteiger charge is 2.28. The summed E-state index contributed by atoms with van der Waals surface area (Å²) in [5.74, 6) is -0.0970. The second-order valence-electron chi connectivity index (χ2n) is 7.40. The van der Waals surface area contributed by atoms with Crippen molar-refractivity contribution >= 4 is 35.5 Å². The number of carbonyl (C=O) groups excluding carboxylic acids is 1. The Kier molecular flexibility index (Phi) is 6.31. The number of pyridine rings is 1. The first-order chi connectivity index (χ1) is 15.0. The number of nitrogens with one attached hydrogen (secondary N) is 1. The number of carbonyl (C=O) groups is 1. The Labute approximate surface area is 179 Å². The molecule has 0 bridgehead atoms. The summed E-state index contributed by atoms with van der Waals surface area (Å²) in [6, 6.07) is 3.69. The van der Waals surface area contributed by atoms with Crippen molar-refractivity contribution < 1.29 is 23.8 Å². The van der Waals surface area contributed by atoms with Gasteiger partial charge in [0, 0.05) is 43.2 Å². The number of aromatic hydroxyl groups is 1. The third-order valence-electron chi connectivity index (χ3n) is 4.87. The van der Waals surface area contributed by atoms with Gasteiger partial charge in [0.15, 0.2) is 22.9 Å². The zero-order valence-corrected chi connectivity index (χ0v) is 17.5. The van der Waals surface area contributed by atoms with Gasteiger partial charge in [-0.25, -0.2) is 19.8 Å². The molecule has 164 valence electrons. The number of hydrazine groups is 1. The highest BCUT2D eigenvalue weighted by molar-refractivity contribution is 6.21. The topological polar surface area (TPSA) is 113 Å². The molecule has 1 saturated heterocycles. The van der Waals surface area contributed by atoms with E-state index in [0.29, 0.717) is 38.7 Å². The van der Waals surface area contributed by atoms with Crippen molar-refractivity contribution in [3.63, 3.8) is 0 Å². The Morgan fingerprint density at radius 2 is 2.19 bits per heavy atom. The Hall–Kier alpha value is -3.21. The number of anilines is 1. The maximum absolute atomic E-state index is 12.8. The predicted molar refractivity (Wildman–Crippen MR) is 115 cm³/mol. The van der Waals surface area contributed by atoms with Crippen LogP contribution in [-0.4, -0.2) is 85.7 Å². The standard InChI is InChI=1S/C21H25N5O5/c1-25(2)6-11-30-21(28)17-18(27)16(31-20(17)24-26-7-9-29-10-8-26)12-14-13-23-19-15(14)4-3-5-22-19/h3-5,12-13,24,27H,6-11H2,1-2H3. The molecule has 2 N–H and O–H groups in total. The number of esters is 1. The quantitative estimate of drug-likeness (QED) is 0.641. The van der Waals surface area contributed by atoms with Crippen molar-refractivity contribution in [3.05, 3.63) is 35.2 Å². The molecule has 31 heavy (non-hydrogen) atoms. The Morgan fingerprint density at radius 1 is 1.39 bits per heavy atom. The minimum Gasteiger partial charge on any atom is -0.504 e. The van der Waals surface area contributed by atoms with Crippen LogP contribution >= 0.6 is 0 Å². The van der Waals surface area contributed by atoms with Gasteiger partial charge in [-0.15, -0.1) is 0 Å². The number of likely N-dealkylation sites (N-methyl/N-ethyl adjacent to an activating group) is 1. The lowest BCUT2D eigenvalue weighted by Gasteiger charge is -2.26. The van der Waals surface area contributed by atoms with Crippen LogP contribution < -0.4 is 5.43 Å². The van der Waals surface area contributed by atoms with E-state index in [0.717, 1.165) is 11.1 Å². The van der Waals surface area contributed by atoms with Crippen LogP contribution in [0.2, 0.25) is 0 Å². The Balaban J connectivity index is 1.64. The number of ether oxygens (including phenoxy) is 2. The molecule has 0 amide bonds. The molecule has 4 rings (SSSR count). The lowest BCUT2D eigenvalue weighted by atomic mass is 10.1. The highest BCUT2D eigenvalue weighted by atomic mass is 16.5. The molecule has 0 atom stereocenters. The van der Waals surface area contributed by atoms with E-state index in [2.05, 4.69) is 15.4 Å². The first-order valence-electron chi connectivity index (χ1n) is 10.0. The lowest BCUT2D eigenvalue weighted by Crippen LogP contribution is -2.40. The zero-order valence-electron chi connectivity index (χ0n) is 17.5. The van der Waals surface area contributed by atoms with Gasteiger partial charge in [0.2, 0.25) is 5.88 Å². The highest BCUT2D eigenvalue weighted by Crippen LogP contribution is 2.38. The molecule has 2 aliphatic heterocycles. The summed E-state index contributed by atoms with van der Waals surface area (Å²) in [6.07, 6.45) is 4.94. The molecule has 0 saturated carbocycles. The number of nitrogens with zero attached hydrogens (tertiary/aromatic N) is 4. The van der Waals surface area contributed by atoms with Crippen molar-refractivity contribution in [2.75, 3.05) is 59.0 Å². The molecule has 2 aromatic rings. The van der Waals surface area contributed by atoms with E-state index in [4.69, 9.17) is 13.9 Å². The minimum atomic E-state index is -0.661. The maximum atomic E-state index is 12.8. The lowest BCUT2D eigenvalue weighted by molar-refractivity contribution is 0.0461. The van der Waals surface area contributed by atoms with E-state index >= 15 is 0 Å². The van der Waals surface area contributed by atoms with E-state index in [1.54, 1.807) is 18.5 Å². The van der Waals surface area contributed by atoms with E-state index in [-0.39, 0.29) is 29.6 Å². The van der Waals surface area contributed by atoms with E-state index in [1.807, 2.05) is 36.1 Å². The number of aromatic nitrogens is 1. The summed E-state index contributed by atoms with van der Waals surface area (Å²) >= 11 is 0. The maximum Gasteiger partial charge on any atom is 0.347 e. The van der Waals surface area contributed by atoms with Gasteiger partial charge in [-0.05, 0) is 32.3 Å². The molecule has 0 radical (unpaired) electrons. The molecular weight excluding hydrogens is 402 g/mol. The largest absolute Gasteiger partial charge is 0.504 e. The van der Waals surface area contributed by atoms with Crippen LogP contribution in [0.25, 0.3) is 11.6 Å². The number of aliphatic imine (C=N–C) groups is 1. The van der Waals surface area contributed by atoms with Crippen LogP contribution in [-0.2, 0) is 9.47 Å². The fraction of sp³-hybridized carbons (Fsp3) is 0.381. The van der Waals surface area contributed by atoms with Crippen molar-refractivity contribution in [1.29, 1.82) is 0 Å². The summed E-state index contributed by atoms with van der Waals surface area (Å²) in [4.78, 5) is 23.1. The summed E-state index contributed by atoms with van der Waals surface area (Å²) in [5.41, 5.74) is 4.57. The zero-order chi connectivity index (χ0) is 21.8. The average molecular weight is 427 g/mol. The normalized spacial score (nSPS) is 17.3. The van der Waals surface area contributed by atoms with Gasteiger partial charge in [-0.2, -0.15) is 0 Å². The Bertz CT molecular complexity index is 1010. The number of furan rings is 1. The first-order valence-corrected chi connectivity index (χ1v) is 10.0. The molecule has 0 spiro atoms. The fourth-order valence-electron chi connectivity index (χ4n) is 3.20. The van der Waals surface area contributed by atoms with E-state index in [9.17, 15) is 9.90 Å². The Morgan fingerprint density at radius 3 is 2.97 bits per heavy atom. The molecular formula is C21H25N5O5. The van der Waals surface area contributed by atoms with Gasteiger partial charge in [0.05, 0.1) is 13.2 Å². The van der Waals surface area contributed by atoms with Crippen LogP contribution in [0.15, 0.2) is 27.7 Å². The van der Waals surface area contributed by atoms with Crippen molar-refractivity contribution in [3.8, 4) is 5.75 Å². The molecule has 10 heteroatoms. The van der Waals surface area contributed by atoms with Gasteiger partial charge >= 0.3 is 5.97 Å². The monoisotopic (exact) mass is 427 g/mol. The molecule has 4 heterocycles. The molecule has 0 aromatic carbocycles. The van der Waals surface area contributed by atoms with Gasteiger partial charge in [-0.1, -0.05) is 0 Å². The van der Waals surface area contributed by atoms with Crippen molar-refractivity contribution in [2.45, 2.75) is 0 Å². The molecule has 2 aliphatic rings. The second kappa shape index (κ2) is 9.29. The summed E-state index contributed by atoms with van der Waals surface area (Å²) in [5, 5.41) is 12.7. The third kappa shape index (κ3) is 4.76. The van der Waals surface area contributed by atoms with Crippen LogP contribution in [0.3, 0.4) is 0 Å². The number of hydrogen-bond acceptors (Lipinski definition) is 10. The smallest absolute Gasteiger partial charge is 0.347 e. The molecule has 2 aromatic heterocycles. The van der Waals surface area contributed by atoms with E-state index < -0.39 is 5.97 Å². The van der Waals surface area contributed by atoms with Crippen LogP contribution in [0.1, 0.15) is 21.7 Å². The summed E-state index contributed by atoms with van der Waals surface area (Å²) in [6.45, 7) is 3.08. The van der Waals surface area contributed by atoms with E-state index in [1.165, 1.54) is 0 Å². The number of morpholine rings is 1. The number of allylic oxidation sites excluding steroid dienone is 1. The predicted octanol–water partition coefficient (Wildman–Crippen LogP) is 2.01. The van der Waals surface area contributed by atoms with Crippen LogP contribution in [0, 0.1) is 0 Å². The number of hydrogen-bond donors (Lipinski definition) is 2. The first kappa shape index (κ1) is 21.0. The van der Waals surface area contributed by atoms with Crippen LogP contribution in [0.4, 0.5) is 11.7 Å². The minimum absolute atomic E-state index is 0.0431. The number of rotatable bonds is 7. The molecule has 10 nitrogen and oxygen atoms in total. The van der Waals surface area contributed by atoms with Crippen LogP contribution in [0.5, 0.6) is 5.75 Å². The molecule has 1 fully saturated rings. The average Bonchev–Trinajstić information content (AvgIpc) is 3.30. The fourth-order valence-corrected chi connectivity index (χ4v) is 3.20. The molecule has 0 unspecified atom stereocenters. The van der Waals surface area contributed by atoms with Crippen molar-refractivity contribution in [2.24, 2.45) is 4.99 Å². The van der Waals surface area contributed by atoms with Gasteiger partial charge in [-0.3, -0.25) is 5.43 Å². The van der Waals surface area contributed by atoms with Gasteiger partial charge < -0.3 is 23.9 Å². The third-order valence-corrected chi connectivity index (χ3v) is 4.87. The summed E-state index contributed by atoms with van der Waals surface area (Å²) < 4.78 is 16.6.